The van der Waals surface area contributed by atoms with Crippen LogP contribution in [-0.2, 0) is 20.8 Å². The number of amides is 2. The van der Waals surface area contributed by atoms with E-state index in [0.717, 1.165) is 11.8 Å². The van der Waals surface area contributed by atoms with Crippen LogP contribution in [0.1, 0.15) is 11.1 Å². The van der Waals surface area contributed by atoms with Crippen molar-refractivity contribution >= 4 is 52.5 Å². The smallest absolute Gasteiger partial charge is 0.328 e. The monoisotopic (exact) mass is 624 g/mol. The summed E-state index contributed by atoms with van der Waals surface area (Å²) in [6.45, 7) is 5.09. The second-order valence-electron chi connectivity index (χ2n) is 9.79. The summed E-state index contributed by atoms with van der Waals surface area (Å²) in [7, 11) is 1.52. The molecule has 2 aromatic carbocycles. The topological polar surface area (TPSA) is 119 Å². The van der Waals surface area contributed by atoms with Crippen LogP contribution in [0.3, 0.4) is 0 Å². The van der Waals surface area contributed by atoms with Crippen LogP contribution in [-0.4, -0.2) is 90.7 Å². The molecule has 12 nitrogen and oxygen atoms in total. The quantitative estimate of drug-likeness (QED) is 0.334. The van der Waals surface area contributed by atoms with Gasteiger partial charge in [0.05, 0.1) is 45.0 Å². The molecule has 0 atom stereocenters. The maximum Gasteiger partial charge on any atom is 0.328 e. The summed E-state index contributed by atoms with van der Waals surface area (Å²) < 4.78 is 22.7. The fourth-order valence-corrected chi connectivity index (χ4v) is 5.77. The number of benzene rings is 2. The molecule has 3 saturated heterocycles. The molecule has 224 valence electrons. The van der Waals surface area contributed by atoms with E-state index >= 15 is 0 Å². The number of carbonyl (C=O) groups excluding carboxylic acids is 2. The third-order valence-electron chi connectivity index (χ3n) is 7.03. The summed E-state index contributed by atoms with van der Waals surface area (Å²) in [5.41, 5.74) is 1.36. The first-order valence-electron chi connectivity index (χ1n) is 13.7. The molecule has 14 heteroatoms. The van der Waals surface area contributed by atoms with E-state index in [1.807, 2.05) is 15.9 Å². The number of halogens is 1. The molecule has 0 spiro atoms. The van der Waals surface area contributed by atoms with Gasteiger partial charge in [-0.3, -0.25) is 14.5 Å². The fraction of sp³-hybridized carbons (Fsp3) is 0.345. The first-order valence-corrected chi connectivity index (χ1v) is 14.9. The lowest BCUT2D eigenvalue weighted by atomic mass is 10.1. The average Bonchev–Trinajstić information content (AvgIpc) is 3.30. The molecular weight excluding hydrogens is 596 g/mol. The van der Waals surface area contributed by atoms with E-state index in [-0.39, 0.29) is 23.7 Å². The van der Waals surface area contributed by atoms with Crippen molar-refractivity contribution in [2.75, 3.05) is 69.5 Å². The molecule has 4 heterocycles. The SMILES string of the molecule is COc1cc(/C=C2\SC(=O)N(Cc3ccccc3Cl)C2=O)ccc1Oc1nc(N2CCOCC2)nc(N2CCOCC2)n1. The minimum absolute atomic E-state index is 0.0998. The number of methoxy groups -OCH3 is 1. The highest BCUT2D eigenvalue weighted by atomic mass is 35.5. The average molecular weight is 625 g/mol. The van der Waals surface area contributed by atoms with Gasteiger partial charge in [0.15, 0.2) is 11.5 Å². The number of thioether (sulfide) groups is 1. The van der Waals surface area contributed by atoms with Gasteiger partial charge in [-0.15, -0.1) is 0 Å². The van der Waals surface area contributed by atoms with Gasteiger partial charge in [0, 0.05) is 31.2 Å². The maximum absolute atomic E-state index is 13.1. The zero-order valence-electron chi connectivity index (χ0n) is 23.4. The van der Waals surface area contributed by atoms with Crippen LogP contribution in [0.5, 0.6) is 17.5 Å². The van der Waals surface area contributed by atoms with E-state index < -0.39 is 0 Å². The van der Waals surface area contributed by atoms with Crippen molar-refractivity contribution in [2.45, 2.75) is 6.54 Å². The molecule has 43 heavy (non-hydrogen) atoms. The Morgan fingerprint density at radius 2 is 1.56 bits per heavy atom. The molecule has 0 saturated carbocycles. The molecule has 2 amide bonds. The van der Waals surface area contributed by atoms with Crippen molar-refractivity contribution in [2.24, 2.45) is 0 Å². The fourth-order valence-electron chi connectivity index (χ4n) is 4.73. The highest BCUT2D eigenvalue weighted by molar-refractivity contribution is 8.18. The second kappa shape index (κ2) is 13.2. The number of morpholine rings is 2. The summed E-state index contributed by atoms with van der Waals surface area (Å²) in [6.07, 6.45) is 1.65. The predicted molar refractivity (Wildman–Crippen MR) is 162 cm³/mol. The predicted octanol–water partition coefficient (Wildman–Crippen LogP) is 4.24. The van der Waals surface area contributed by atoms with Gasteiger partial charge in [0.2, 0.25) is 11.9 Å². The van der Waals surface area contributed by atoms with Gasteiger partial charge in [0.25, 0.3) is 11.1 Å². The van der Waals surface area contributed by atoms with Crippen molar-refractivity contribution in [3.63, 3.8) is 0 Å². The Morgan fingerprint density at radius 1 is 0.907 bits per heavy atom. The number of aromatic nitrogens is 3. The van der Waals surface area contributed by atoms with Crippen molar-refractivity contribution < 1.29 is 28.5 Å². The number of rotatable bonds is 8. The Morgan fingerprint density at radius 3 is 2.19 bits per heavy atom. The van der Waals surface area contributed by atoms with E-state index in [1.165, 1.54) is 12.0 Å². The van der Waals surface area contributed by atoms with Crippen LogP contribution in [0.4, 0.5) is 16.7 Å². The number of nitrogens with zero attached hydrogens (tertiary/aromatic N) is 6. The van der Waals surface area contributed by atoms with Gasteiger partial charge in [-0.05, 0) is 47.2 Å². The summed E-state index contributed by atoms with van der Waals surface area (Å²) in [5.74, 6) is 1.44. The Kier molecular flexibility index (Phi) is 8.93. The second-order valence-corrected chi connectivity index (χ2v) is 11.2. The molecular formula is C29H29ClN6O6S. The summed E-state index contributed by atoms with van der Waals surface area (Å²) in [4.78, 5) is 45.2. The van der Waals surface area contributed by atoms with Crippen molar-refractivity contribution in [3.05, 3.63) is 63.5 Å². The van der Waals surface area contributed by atoms with Gasteiger partial charge < -0.3 is 28.7 Å². The molecule has 0 radical (unpaired) electrons. The van der Waals surface area contributed by atoms with E-state index in [2.05, 4.69) is 9.97 Å². The Hall–Kier alpha value is -3.91. The normalized spacial score (nSPS) is 18.5. The van der Waals surface area contributed by atoms with Crippen molar-refractivity contribution in [1.82, 2.24) is 19.9 Å². The molecule has 3 aliphatic rings. The van der Waals surface area contributed by atoms with Crippen molar-refractivity contribution in [1.29, 1.82) is 0 Å². The Labute approximate surface area is 257 Å². The van der Waals surface area contributed by atoms with Crippen molar-refractivity contribution in [3.8, 4) is 17.5 Å². The van der Waals surface area contributed by atoms with Crippen LogP contribution >= 0.6 is 23.4 Å². The summed E-state index contributed by atoms with van der Waals surface area (Å²) in [6, 6.07) is 12.5. The van der Waals surface area contributed by atoms with Crippen LogP contribution in [0.25, 0.3) is 6.08 Å². The Balaban J connectivity index is 1.23. The number of carbonyl (C=O) groups is 2. The number of hydrogen-bond acceptors (Lipinski definition) is 12. The molecule has 0 unspecified atom stereocenters. The lowest BCUT2D eigenvalue weighted by Crippen LogP contribution is -2.40. The third kappa shape index (κ3) is 6.69. The number of hydrogen-bond donors (Lipinski definition) is 0. The van der Waals surface area contributed by atoms with Gasteiger partial charge in [-0.2, -0.15) is 15.0 Å². The first-order chi connectivity index (χ1) is 21.0. The zero-order valence-corrected chi connectivity index (χ0v) is 25.0. The first kappa shape index (κ1) is 29.2. The summed E-state index contributed by atoms with van der Waals surface area (Å²) in [5, 5.41) is 0.142. The largest absolute Gasteiger partial charge is 0.493 e. The van der Waals surface area contributed by atoms with Crippen LogP contribution in [0.2, 0.25) is 5.02 Å². The van der Waals surface area contributed by atoms with Crippen LogP contribution in [0, 0.1) is 0 Å². The van der Waals surface area contributed by atoms with Gasteiger partial charge in [0.1, 0.15) is 0 Å². The lowest BCUT2D eigenvalue weighted by molar-refractivity contribution is -0.123. The molecule has 0 bridgehead atoms. The van der Waals surface area contributed by atoms with Crippen LogP contribution in [0.15, 0.2) is 47.4 Å². The zero-order chi connectivity index (χ0) is 29.8. The molecule has 3 aromatic rings. The summed E-state index contributed by atoms with van der Waals surface area (Å²) >= 11 is 7.12. The highest BCUT2D eigenvalue weighted by Crippen LogP contribution is 2.37. The van der Waals surface area contributed by atoms with Crippen LogP contribution < -0.4 is 19.3 Å². The van der Waals surface area contributed by atoms with E-state index in [4.69, 9.17) is 35.5 Å². The van der Waals surface area contributed by atoms with E-state index in [1.54, 1.807) is 42.5 Å². The molecule has 0 N–H and O–H groups in total. The molecule has 1 aromatic heterocycles. The number of imide groups is 1. The standard InChI is InChI=1S/C29H29ClN6O6S/c1-39-23-16-19(17-24-25(37)36(29(38)43-24)18-20-4-2-3-5-21(20)30)6-7-22(23)42-28-32-26(34-8-12-40-13-9-34)31-27(33-28)35-10-14-41-15-11-35/h2-7,16-17H,8-15,18H2,1H3/b24-17-. The minimum atomic E-state index is -0.384. The van der Waals surface area contributed by atoms with Gasteiger partial charge in [-0.25, -0.2) is 0 Å². The van der Waals surface area contributed by atoms with Gasteiger partial charge in [-0.1, -0.05) is 35.9 Å². The number of ether oxygens (including phenoxy) is 4. The third-order valence-corrected chi connectivity index (χ3v) is 8.30. The van der Waals surface area contributed by atoms with E-state index in [0.29, 0.717) is 97.1 Å². The highest BCUT2D eigenvalue weighted by Gasteiger charge is 2.35. The Bertz CT molecular complexity index is 1510. The van der Waals surface area contributed by atoms with Gasteiger partial charge >= 0.3 is 6.01 Å². The molecule has 3 aliphatic heterocycles. The molecule has 0 aliphatic carbocycles. The molecule has 6 rings (SSSR count). The lowest BCUT2D eigenvalue weighted by Gasteiger charge is -2.30. The minimum Gasteiger partial charge on any atom is -0.493 e. The number of anilines is 2. The maximum atomic E-state index is 13.1. The van der Waals surface area contributed by atoms with E-state index in [9.17, 15) is 9.59 Å². The molecule has 3 fully saturated rings.